The van der Waals surface area contributed by atoms with E-state index in [4.69, 9.17) is 4.74 Å². The van der Waals surface area contributed by atoms with Crippen LogP contribution in [0.2, 0.25) is 0 Å². The first-order chi connectivity index (χ1) is 13.5. The number of halogens is 1. The van der Waals surface area contributed by atoms with Crippen molar-refractivity contribution >= 4 is 11.9 Å². The van der Waals surface area contributed by atoms with Crippen LogP contribution in [0.5, 0.6) is 5.75 Å². The summed E-state index contributed by atoms with van der Waals surface area (Å²) < 4.78 is 21.3. The molecule has 28 heavy (non-hydrogen) atoms. The molecule has 0 aromatic heterocycles. The van der Waals surface area contributed by atoms with Crippen LogP contribution in [0, 0.1) is 5.92 Å². The van der Waals surface area contributed by atoms with Crippen molar-refractivity contribution in [3.05, 3.63) is 46.8 Å². The average molecular weight is 383 g/mol. The number of hydrogen-bond acceptors (Lipinski definition) is 2. The van der Waals surface area contributed by atoms with E-state index in [0.717, 1.165) is 66.4 Å². The molecule has 2 fully saturated rings. The fourth-order valence-electron chi connectivity index (χ4n) is 4.63. The van der Waals surface area contributed by atoms with Crippen molar-refractivity contribution in [2.45, 2.75) is 83.2 Å². The highest BCUT2D eigenvalue weighted by atomic mass is 19.1. The Morgan fingerprint density at radius 1 is 1.11 bits per heavy atom. The summed E-state index contributed by atoms with van der Waals surface area (Å²) in [6.07, 6.45) is 12.5. The van der Waals surface area contributed by atoms with Gasteiger partial charge >= 0.3 is 0 Å². The Hall–Kier alpha value is -1.90. The van der Waals surface area contributed by atoms with Gasteiger partial charge in [0.1, 0.15) is 17.9 Å². The Bertz CT molecular complexity index is 808. The highest BCUT2D eigenvalue weighted by Crippen LogP contribution is 2.47. The van der Waals surface area contributed by atoms with Crippen molar-refractivity contribution in [3.8, 4) is 5.75 Å². The largest absolute Gasteiger partial charge is 0.490 e. The van der Waals surface area contributed by atoms with Gasteiger partial charge in [-0.05, 0) is 93.6 Å². The van der Waals surface area contributed by atoms with E-state index in [1.165, 1.54) is 19.3 Å². The van der Waals surface area contributed by atoms with Gasteiger partial charge in [-0.15, -0.1) is 0 Å². The summed E-state index contributed by atoms with van der Waals surface area (Å²) >= 11 is 0. The second-order valence-electron chi connectivity index (χ2n) is 9.18. The lowest BCUT2D eigenvalue weighted by Crippen LogP contribution is -2.21. The fraction of sp³-hybridized carbons (Fsp3) is 0.560. The van der Waals surface area contributed by atoms with Crippen LogP contribution in [0.25, 0.3) is 5.57 Å². The van der Waals surface area contributed by atoms with E-state index in [9.17, 15) is 9.18 Å². The second-order valence-corrected chi connectivity index (χ2v) is 9.18. The van der Waals surface area contributed by atoms with Crippen LogP contribution in [0.4, 0.5) is 4.39 Å². The Morgan fingerprint density at radius 3 is 2.50 bits per heavy atom. The van der Waals surface area contributed by atoms with Crippen molar-refractivity contribution in [2.24, 2.45) is 5.92 Å². The summed E-state index contributed by atoms with van der Waals surface area (Å²) in [7, 11) is 0. The Kier molecular flexibility index (Phi) is 5.44. The predicted octanol–water partition coefficient (Wildman–Crippen LogP) is 6.69. The van der Waals surface area contributed by atoms with Crippen LogP contribution < -0.4 is 4.74 Å². The van der Waals surface area contributed by atoms with E-state index in [1.807, 2.05) is 26.0 Å². The van der Waals surface area contributed by atoms with Crippen LogP contribution >= 0.6 is 0 Å². The molecule has 2 nitrogen and oxygen atoms in total. The van der Waals surface area contributed by atoms with Gasteiger partial charge in [-0.25, -0.2) is 4.39 Å². The highest BCUT2D eigenvalue weighted by molar-refractivity contribution is 5.85. The number of ether oxygens (including phenoxy) is 1. The molecule has 0 atom stereocenters. The van der Waals surface area contributed by atoms with E-state index >= 15 is 0 Å². The van der Waals surface area contributed by atoms with Crippen molar-refractivity contribution < 1.29 is 13.9 Å². The maximum absolute atomic E-state index is 14.9. The maximum Gasteiger partial charge on any atom is 0.129 e. The molecule has 150 valence electrons. The molecule has 0 amide bonds. The first-order valence-corrected chi connectivity index (χ1v) is 10.9. The zero-order valence-electron chi connectivity index (χ0n) is 17.1. The fourth-order valence-corrected chi connectivity index (χ4v) is 4.63. The van der Waals surface area contributed by atoms with E-state index < -0.39 is 5.41 Å². The standard InChI is InChI=1S/C25H31FO2/c1-25(2,16-27)18-13-14-23(28-19-9-3-4-10-19)21(15-18)20-11-6-12-22(26)24(20)17-7-5-8-17/h11,13-17,19H,3-10,12H2,1-2H3. The molecular formula is C25H31FO2. The molecule has 0 spiro atoms. The van der Waals surface area contributed by atoms with Gasteiger partial charge < -0.3 is 9.53 Å². The summed E-state index contributed by atoms with van der Waals surface area (Å²) in [5.41, 5.74) is 3.25. The van der Waals surface area contributed by atoms with E-state index in [1.54, 1.807) is 0 Å². The Balaban J connectivity index is 1.78. The second kappa shape index (κ2) is 7.85. The Morgan fingerprint density at radius 2 is 1.86 bits per heavy atom. The van der Waals surface area contributed by atoms with Crippen LogP contribution in [0.15, 0.2) is 35.7 Å². The smallest absolute Gasteiger partial charge is 0.129 e. The number of allylic oxidation sites excluding steroid dienone is 4. The Labute approximate surface area is 167 Å². The van der Waals surface area contributed by atoms with Crippen molar-refractivity contribution in [2.75, 3.05) is 0 Å². The molecule has 3 heteroatoms. The first-order valence-electron chi connectivity index (χ1n) is 10.9. The molecule has 0 saturated heterocycles. The molecule has 0 unspecified atom stereocenters. The zero-order chi connectivity index (χ0) is 19.7. The molecular weight excluding hydrogens is 351 g/mol. The quantitative estimate of drug-likeness (QED) is 0.513. The summed E-state index contributed by atoms with van der Waals surface area (Å²) in [4.78, 5) is 11.6. The molecule has 1 aromatic carbocycles. The minimum absolute atomic E-state index is 0.0501. The summed E-state index contributed by atoms with van der Waals surface area (Å²) in [5.74, 6) is 1.22. The summed E-state index contributed by atoms with van der Waals surface area (Å²) in [6.45, 7) is 3.85. The number of carbonyl (C=O) groups excluding carboxylic acids is 1. The van der Waals surface area contributed by atoms with Gasteiger partial charge in [0.2, 0.25) is 0 Å². The average Bonchev–Trinajstić information content (AvgIpc) is 3.15. The molecule has 0 aliphatic heterocycles. The molecule has 0 bridgehead atoms. The van der Waals surface area contributed by atoms with Gasteiger partial charge in [0.25, 0.3) is 0 Å². The van der Waals surface area contributed by atoms with Crippen LogP contribution in [-0.4, -0.2) is 12.4 Å². The first kappa shape index (κ1) is 19.4. The third-order valence-electron chi connectivity index (χ3n) is 6.71. The molecule has 3 aliphatic rings. The van der Waals surface area contributed by atoms with Crippen molar-refractivity contribution in [3.63, 3.8) is 0 Å². The third-order valence-corrected chi connectivity index (χ3v) is 6.71. The van der Waals surface area contributed by atoms with Crippen LogP contribution in [0.3, 0.4) is 0 Å². The summed E-state index contributed by atoms with van der Waals surface area (Å²) in [5, 5.41) is 0. The third kappa shape index (κ3) is 3.68. The van der Waals surface area contributed by atoms with Gasteiger partial charge in [-0.1, -0.05) is 18.6 Å². The van der Waals surface area contributed by atoms with E-state index in [2.05, 4.69) is 12.1 Å². The highest BCUT2D eigenvalue weighted by Gasteiger charge is 2.32. The lowest BCUT2D eigenvalue weighted by atomic mass is 9.72. The molecule has 0 N–H and O–H groups in total. The monoisotopic (exact) mass is 382 g/mol. The minimum Gasteiger partial charge on any atom is -0.490 e. The lowest BCUT2D eigenvalue weighted by molar-refractivity contribution is -0.111. The van der Waals surface area contributed by atoms with Crippen molar-refractivity contribution in [1.82, 2.24) is 0 Å². The molecule has 4 rings (SSSR count). The predicted molar refractivity (Wildman–Crippen MR) is 111 cm³/mol. The van der Waals surface area contributed by atoms with Gasteiger partial charge in [0.05, 0.1) is 6.10 Å². The number of hydrogen-bond donors (Lipinski definition) is 0. The minimum atomic E-state index is -0.575. The molecule has 3 aliphatic carbocycles. The molecule has 0 radical (unpaired) electrons. The number of aldehydes is 1. The maximum atomic E-state index is 14.9. The van der Waals surface area contributed by atoms with E-state index in [-0.39, 0.29) is 11.9 Å². The number of rotatable bonds is 6. The van der Waals surface area contributed by atoms with Gasteiger partial charge in [0, 0.05) is 17.4 Å². The summed E-state index contributed by atoms with van der Waals surface area (Å²) in [6, 6.07) is 6.07. The number of carbonyl (C=O) groups is 1. The zero-order valence-corrected chi connectivity index (χ0v) is 17.1. The lowest BCUT2D eigenvalue weighted by Gasteiger charge is -2.33. The molecule has 1 aromatic rings. The van der Waals surface area contributed by atoms with E-state index in [0.29, 0.717) is 12.3 Å². The van der Waals surface area contributed by atoms with Crippen LogP contribution in [-0.2, 0) is 10.2 Å². The SMILES string of the molecule is CC(C)(C=O)c1ccc(OC2CCCC2)c(C2=CCCC(F)=C2C2CCC2)c1. The topological polar surface area (TPSA) is 26.3 Å². The van der Waals surface area contributed by atoms with Crippen LogP contribution in [0.1, 0.15) is 82.8 Å². The molecule has 0 heterocycles. The number of benzene rings is 1. The normalized spacial score (nSPS) is 21.5. The van der Waals surface area contributed by atoms with Crippen molar-refractivity contribution in [1.29, 1.82) is 0 Å². The van der Waals surface area contributed by atoms with Gasteiger partial charge in [-0.2, -0.15) is 0 Å². The molecule has 2 saturated carbocycles. The van der Waals surface area contributed by atoms with Gasteiger partial charge in [-0.3, -0.25) is 0 Å². The van der Waals surface area contributed by atoms with Gasteiger partial charge in [0.15, 0.2) is 0 Å².